The van der Waals surface area contributed by atoms with Crippen LogP contribution in [0.15, 0.2) is 0 Å². The van der Waals surface area contributed by atoms with Crippen molar-refractivity contribution in [3.63, 3.8) is 0 Å². The minimum atomic E-state index is -0.633. The summed E-state index contributed by atoms with van der Waals surface area (Å²) in [6.45, 7) is 8.47. The Morgan fingerprint density at radius 2 is 1.43 bits per heavy atom. The number of carbonyl (C=O) groups excluding carboxylic acids is 3. The molecule has 0 saturated carbocycles. The molecule has 216 valence electrons. The Kier molecular flexibility index (Phi) is 19.3. The van der Waals surface area contributed by atoms with Crippen LogP contribution in [0.2, 0.25) is 0 Å². The van der Waals surface area contributed by atoms with Gasteiger partial charge in [0.05, 0.1) is 5.92 Å². The van der Waals surface area contributed by atoms with Crippen LogP contribution in [0.25, 0.3) is 0 Å². The van der Waals surface area contributed by atoms with Crippen LogP contribution in [-0.4, -0.2) is 36.6 Å². The van der Waals surface area contributed by atoms with E-state index in [0.29, 0.717) is 19.3 Å². The van der Waals surface area contributed by atoms with E-state index in [1.54, 1.807) is 0 Å². The van der Waals surface area contributed by atoms with E-state index in [4.69, 9.17) is 9.47 Å². The normalized spacial score (nSPS) is 18.7. The molecule has 0 aliphatic carbocycles. The summed E-state index contributed by atoms with van der Waals surface area (Å²) in [5.41, 5.74) is 0. The monoisotopic (exact) mass is 523 g/mol. The van der Waals surface area contributed by atoms with Crippen LogP contribution in [0.4, 0.5) is 0 Å². The minimum absolute atomic E-state index is 0.0741. The van der Waals surface area contributed by atoms with Crippen molar-refractivity contribution in [1.82, 2.24) is 5.32 Å². The fourth-order valence-electron chi connectivity index (χ4n) is 5.26. The van der Waals surface area contributed by atoms with Gasteiger partial charge in [-0.3, -0.25) is 9.59 Å². The highest BCUT2D eigenvalue weighted by Gasteiger charge is 2.43. The molecule has 0 aromatic heterocycles. The van der Waals surface area contributed by atoms with Crippen LogP contribution < -0.4 is 5.32 Å². The molecule has 1 saturated heterocycles. The van der Waals surface area contributed by atoms with Gasteiger partial charge >= 0.3 is 11.9 Å². The third-order valence-corrected chi connectivity index (χ3v) is 7.56. The highest BCUT2D eigenvalue weighted by atomic mass is 16.6. The van der Waals surface area contributed by atoms with Crippen LogP contribution in [0.3, 0.4) is 0 Å². The van der Waals surface area contributed by atoms with Gasteiger partial charge in [-0.25, -0.2) is 4.79 Å². The SMILES string of the molecule is CCCCCCCCCCCCCC(C[C@H]1OC(=O)[C@@H]1CCCCCC)OC(=O)[C@H](CC(C)C)NC=O. The highest BCUT2D eigenvalue weighted by molar-refractivity contribution is 5.79. The molecule has 1 unspecified atom stereocenters. The van der Waals surface area contributed by atoms with E-state index in [2.05, 4.69) is 19.2 Å². The van der Waals surface area contributed by atoms with Crippen LogP contribution in [0.5, 0.6) is 0 Å². The van der Waals surface area contributed by atoms with Crippen LogP contribution in [-0.2, 0) is 23.9 Å². The Morgan fingerprint density at radius 3 is 1.95 bits per heavy atom. The Morgan fingerprint density at radius 1 is 0.892 bits per heavy atom. The molecule has 1 heterocycles. The minimum Gasteiger partial charge on any atom is -0.461 e. The van der Waals surface area contributed by atoms with Crippen molar-refractivity contribution in [2.24, 2.45) is 11.8 Å². The number of carbonyl (C=O) groups is 3. The molecule has 1 aliphatic rings. The smallest absolute Gasteiger partial charge is 0.328 e. The fourth-order valence-corrected chi connectivity index (χ4v) is 5.26. The molecular weight excluding hydrogens is 466 g/mol. The second kappa shape index (κ2) is 21.4. The van der Waals surface area contributed by atoms with Crippen molar-refractivity contribution in [1.29, 1.82) is 0 Å². The summed E-state index contributed by atoms with van der Waals surface area (Å²) in [5.74, 6) is -0.300. The molecule has 0 radical (unpaired) electrons. The van der Waals surface area contributed by atoms with Gasteiger partial charge in [0, 0.05) is 6.42 Å². The first-order chi connectivity index (χ1) is 17.9. The van der Waals surface area contributed by atoms with E-state index in [1.165, 1.54) is 70.6 Å². The van der Waals surface area contributed by atoms with Gasteiger partial charge in [0.1, 0.15) is 18.2 Å². The summed E-state index contributed by atoms with van der Waals surface area (Å²) in [6, 6.07) is -0.633. The van der Waals surface area contributed by atoms with E-state index < -0.39 is 6.04 Å². The molecule has 37 heavy (non-hydrogen) atoms. The Bertz CT molecular complexity index is 608. The van der Waals surface area contributed by atoms with Crippen LogP contribution in [0, 0.1) is 11.8 Å². The summed E-state index contributed by atoms with van der Waals surface area (Å²) in [7, 11) is 0. The quantitative estimate of drug-likeness (QED) is 0.0754. The number of unbranched alkanes of at least 4 members (excludes halogenated alkanes) is 13. The van der Waals surface area contributed by atoms with Crippen LogP contribution in [0.1, 0.15) is 150 Å². The largest absolute Gasteiger partial charge is 0.461 e. The van der Waals surface area contributed by atoms with Crippen molar-refractivity contribution >= 4 is 18.3 Å². The predicted molar refractivity (Wildman–Crippen MR) is 150 cm³/mol. The topological polar surface area (TPSA) is 81.7 Å². The molecule has 1 rings (SSSR count). The van der Waals surface area contributed by atoms with Gasteiger partial charge in [0.25, 0.3) is 0 Å². The van der Waals surface area contributed by atoms with Gasteiger partial charge in [-0.05, 0) is 31.6 Å². The highest BCUT2D eigenvalue weighted by Crippen LogP contribution is 2.32. The molecular formula is C31H57NO5. The van der Waals surface area contributed by atoms with Crippen molar-refractivity contribution < 1.29 is 23.9 Å². The number of amides is 1. The lowest BCUT2D eigenvalue weighted by Crippen LogP contribution is -2.48. The summed E-state index contributed by atoms with van der Waals surface area (Å²) in [4.78, 5) is 36.1. The maximum absolute atomic E-state index is 12.9. The Hall–Kier alpha value is -1.59. The molecule has 0 aromatic carbocycles. The summed E-state index contributed by atoms with van der Waals surface area (Å²) in [6.07, 6.45) is 21.3. The average molecular weight is 524 g/mol. The lowest BCUT2D eigenvalue weighted by molar-refractivity contribution is -0.190. The molecule has 0 spiro atoms. The second-order valence-electron chi connectivity index (χ2n) is 11.5. The standard InChI is InChI=1S/C31H57NO5/c1-5-7-9-11-12-13-14-15-16-17-18-20-26(36-31(35)28(32-24-33)22-25(3)4)23-29-27(30(34)37-29)21-19-10-8-6-2/h24-29H,5-23H2,1-4H3,(H,32,33)/t26?,27-,28+,29-/m1/s1. The molecule has 4 atom stereocenters. The zero-order valence-electron chi connectivity index (χ0n) is 24.4. The maximum Gasteiger partial charge on any atom is 0.328 e. The van der Waals surface area contributed by atoms with Crippen molar-refractivity contribution in [3.05, 3.63) is 0 Å². The first-order valence-electron chi connectivity index (χ1n) is 15.5. The Balaban J connectivity index is 2.52. The van der Waals surface area contributed by atoms with Gasteiger partial charge < -0.3 is 14.8 Å². The molecule has 1 aliphatic heterocycles. The lowest BCUT2D eigenvalue weighted by Gasteiger charge is -2.37. The van der Waals surface area contributed by atoms with Gasteiger partial charge in [0.2, 0.25) is 6.41 Å². The second-order valence-corrected chi connectivity index (χ2v) is 11.5. The number of nitrogens with one attached hydrogen (secondary N) is 1. The maximum atomic E-state index is 12.9. The molecule has 1 N–H and O–H groups in total. The number of esters is 2. The third kappa shape index (κ3) is 15.4. The number of rotatable bonds is 25. The van der Waals surface area contributed by atoms with Gasteiger partial charge in [-0.2, -0.15) is 0 Å². The van der Waals surface area contributed by atoms with Crippen molar-refractivity contribution in [3.8, 4) is 0 Å². The van der Waals surface area contributed by atoms with Crippen molar-refractivity contribution in [2.45, 2.75) is 168 Å². The van der Waals surface area contributed by atoms with Gasteiger partial charge in [0.15, 0.2) is 0 Å². The van der Waals surface area contributed by atoms with E-state index in [1.807, 2.05) is 13.8 Å². The summed E-state index contributed by atoms with van der Waals surface area (Å²) >= 11 is 0. The van der Waals surface area contributed by atoms with Gasteiger partial charge in [-0.1, -0.05) is 118 Å². The first-order valence-corrected chi connectivity index (χ1v) is 15.5. The zero-order valence-corrected chi connectivity index (χ0v) is 24.4. The number of ether oxygens (including phenoxy) is 2. The fraction of sp³-hybridized carbons (Fsp3) is 0.903. The van der Waals surface area contributed by atoms with E-state index in [-0.39, 0.29) is 36.0 Å². The molecule has 6 nitrogen and oxygen atoms in total. The van der Waals surface area contributed by atoms with E-state index >= 15 is 0 Å². The number of hydrogen-bond acceptors (Lipinski definition) is 5. The zero-order chi connectivity index (χ0) is 27.3. The summed E-state index contributed by atoms with van der Waals surface area (Å²) < 4.78 is 11.4. The predicted octanol–water partition coefficient (Wildman–Crippen LogP) is 7.66. The molecule has 0 aromatic rings. The Labute approximate surface area is 227 Å². The molecule has 1 fully saturated rings. The van der Waals surface area contributed by atoms with Gasteiger partial charge in [-0.15, -0.1) is 0 Å². The first kappa shape index (κ1) is 33.4. The number of cyclic esters (lactones) is 1. The van der Waals surface area contributed by atoms with Crippen LogP contribution >= 0.6 is 0 Å². The third-order valence-electron chi connectivity index (χ3n) is 7.56. The summed E-state index contributed by atoms with van der Waals surface area (Å²) in [5, 5.41) is 2.63. The van der Waals surface area contributed by atoms with Crippen molar-refractivity contribution in [2.75, 3.05) is 0 Å². The lowest BCUT2D eigenvalue weighted by atomic mass is 9.86. The average Bonchev–Trinajstić information content (AvgIpc) is 2.86. The van der Waals surface area contributed by atoms with E-state index in [0.717, 1.165) is 38.5 Å². The molecule has 0 bridgehead atoms. The molecule has 1 amide bonds. The van der Waals surface area contributed by atoms with E-state index in [9.17, 15) is 14.4 Å². The molecule has 6 heteroatoms. The number of hydrogen-bond donors (Lipinski definition) is 1.